The van der Waals surface area contributed by atoms with Crippen LogP contribution in [0.5, 0.6) is 0 Å². The summed E-state index contributed by atoms with van der Waals surface area (Å²) in [7, 11) is 1.99. The third-order valence-electron chi connectivity index (χ3n) is 3.82. The normalized spacial score (nSPS) is 12.6. The minimum absolute atomic E-state index is 0.299. The van der Waals surface area contributed by atoms with E-state index in [1.54, 1.807) is 35.7 Å². The summed E-state index contributed by atoms with van der Waals surface area (Å²) >= 11 is 7.24. The number of rotatable bonds is 6. The van der Waals surface area contributed by atoms with Crippen LogP contribution in [0.2, 0.25) is 5.02 Å². The van der Waals surface area contributed by atoms with E-state index in [0.717, 1.165) is 25.4 Å². The molecule has 8 nitrogen and oxygen atoms in total. The van der Waals surface area contributed by atoms with E-state index in [4.69, 9.17) is 17.3 Å². The average Bonchev–Trinajstić information content (AvgIpc) is 3.29. The summed E-state index contributed by atoms with van der Waals surface area (Å²) in [4.78, 5) is 27.2. The monoisotopic (exact) mass is 494 g/mol. The van der Waals surface area contributed by atoms with Crippen molar-refractivity contribution in [1.29, 1.82) is 0 Å². The highest BCUT2D eigenvalue weighted by atomic mass is 35.5. The standard InChI is InChI=1S/C15H13ClN4O2S.C4H10N2.2C2H6/c16-13-3-1-2-4-14(13)20-15(22)19-11(6-17)7-18-10-5-12(8-21)23-9-10;1-5-4-2-6-3-4;2*1-2/h1-9H,17H2,(H2,19,20,22);4-6H,2-3H2,1H3;2*1-2H3/b11-6+,18-7?;;;. The Hall–Kier alpha value is -2.72. The van der Waals surface area contributed by atoms with Gasteiger partial charge in [0.15, 0.2) is 6.29 Å². The fourth-order valence-corrected chi connectivity index (χ4v) is 2.89. The van der Waals surface area contributed by atoms with Gasteiger partial charge in [-0.1, -0.05) is 51.4 Å². The first-order valence-corrected chi connectivity index (χ1v) is 12.0. The first-order chi connectivity index (χ1) is 16.0. The van der Waals surface area contributed by atoms with Gasteiger partial charge >= 0.3 is 6.03 Å². The van der Waals surface area contributed by atoms with Crippen LogP contribution in [-0.2, 0) is 0 Å². The molecule has 2 aromatic rings. The quantitative estimate of drug-likeness (QED) is 0.292. The molecule has 1 aliphatic heterocycles. The fourth-order valence-electron chi connectivity index (χ4n) is 2.07. The van der Waals surface area contributed by atoms with Crippen molar-refractivity contribution in [2.45, 2.75) is 33.7 Å². The molecule has 0 spiro atoms. The number of anilines is 1. The number of likely N-dealkylation sites (N-methyl/N-ethyl adjacent to an activating group) is 1. The molecule has 0 radical (unpaired) electrons. The summed E-state index contributed by atoms with van der Waals surface area (Å²) in [6, 6.07) is 8.74. The zero-order valence-corrected chi connectivity index (χ0v) is 21.4. The van der Waals surface area contributed by atoms with Crippen LogP contribution in [0.4, 0.5) is 16.2 Å². The number of hydrogen-bond donors (Lipinski definition) is 5. The van der Waals surface area contributed by atoms with Gasteiger partial charge in [0.2, 0.25) is 0 Å². The molecule has 10 heteroatoms. The molecule has 0 unspecified atom stereocenters. The second-order valence-electron chi connectivity index (χ2n) is 5.91. The van der Waals surface area contributed by atoms with Crippen LogP contribution in [0.3, 0.4) is 0 Å². The molecule has 0 aliphatic carbocycles. The van der Waals surface area contributed by atoms with Crippen LogP contribution in [0, 0.1) is 0 Å². The minimum Gasteiger partial charge on any atom is -0.403 e. The highest BCUT2D eigenvalue weighted by molar-refractivity contribution is 7.12. The highest BCUT2D eigenvalue weighted by Gasteiger charge is 2.12. The Kier molecular flexibility index (Phi) is 17.3. The smallest absolute Gasteiger partial charge is 0.323 e. The van der Waals surface area contributed by atoms with Crippen LogP contribution in [-0.4, -0.2) is 44.7 Å². The van der Waals surface area contributed by atoms with Crippen LogP contribution in [0.25, 0.3) is 0 Å². The molecule has 1 aromatic heterocycles. The summed E-state index contributed by atoms with van der Waals surface area (Å²) < 4.78 is 0. The number of aldehydes is 1. The number of hydrogen-bond acceptors (Lipinski definition) is 7. The highest BCUT2D eigenvalue weighted by Crippen LogP contribution is 2.21. The predicted molar refractivity (Wildman–Crippen MR) is 142 cm³/mol. The lowest BCUT2D eigenvalue weighted by molar-refractivity contribution is 0.112. The zero-order valence-electron chi connectivity index (χ0n) is 19.8. The first kappa shape index (κ1) is 30.3. The molecule has 1 saturated heterocycles. The minimum atomic E-state index is -0.500. The largest absolute Gasteiger partial charge is 0.403 e. The Morgan fingerprint density at radius 1 is 1.24 bits per heavy atom. The van der Waals surface area contributed by atoms with Gasteiger partial charge in [-0.3, -0.25) is 9.79 Å². The molecule has 0 bridgehead atoms. The number of halogens is 1. The molecule has 1 fully saturated rings. The number of amides is 2. The molecule has 33 heavy (non-hydrogen) atoms. The van der Waals surface area contributed by atoms with Gasteiger partial charge in [-0.25, -0.2) is 4.79 Å². The maximum absolute atomic E-state index is 11.9. The summed E-state index contributed by atoms with van der Waals surface area (Å²) in [5, 5.41) is 13.6. The average molecular weight is 495 g/mol. The number of nitrogens with zero attached hydrogens (tertiary/aromatic N) is 1. The van der Waals surface area contributed by atoms with E-state index in [1.165, 1.54) is 23.8 Å². The number of nitrogens with one attached hydrogen (secondary N) is 4. The third kappa shape index (κ3) is 12.2. The lowest BCUT2D eigenvalue weighted by atomic mass is 10.2. The van der Waals surface area contributed by atoms with Crippen molar-refractivity contribution in [2.75, 3.05) is 25.5 Å². The van der Waals surface area contributed by atoms with Gasteiger partial charge in [0.05, 0.1) is 33.2 Å². The molecule has 1 aliphatic rings. The van der Waals surface area contributed by atoms with Gasteiger partial charge in [-0.15, -0.1) is 11.3 Å². The van der Waals surface area contributed by atoms with E-state index in [0.29, 0.717) is 27.0 Å². The van der Waals surface area contributed by atoms with Crippen LogP contribution in [0.1, 0.15) is 37.4 Å². The van der Waals surface area contributed by atoms with Gasteiger partial charge in [0.25, 0.3) is 0 Å². The molecular formula is C23H35ClN6O2S. The molecule has 1 aromatic carbocycles. The second-order valence-corrected chi connectivity index (χ2v) is 7.26. The Morgan fingerprint density at radius 3 is 2.36 bits per heavy atom. The topological polar surface area (TPSA) is 121 Å². The predicted octanol–water partition coefficient (Wildman–Crippen LogP) is 4.77. The van der Waals surface area contributed by atoms with Crippen molar-refractivity contribution in [3.63, 3.8) is 0 Å². The maximum atomic E-state index is 11.9. The van der Waals surface area contributed by atoms with E-state index < -0.39 is 6.03 Å². The molecule has 3 rings (SSSR count). The Bertz CT molecular complexity index is 879. The first-order valence-electron chi connectivity index (χ1n) is 10.8. The molecule has 2 heterocycles. The number of para-hydroxylation sites is 1. The zero-order chi connectivity index (χ0) is 25.1. The number of allylic oxidation sites excluding steroid dienone is 1. The molecule has 2 amide bonds. The maximum Gasteiger partial charge on any atom is 0.323 e. The van der Waals surface area contributed by atoms with Crippen LogP contribution in [0.15, 0.2) is 52.6 Å². The van der Waals surface area contributed by atoms with E-state index >= 15 is 0 Å². The van der Waals surface area contributed by atoms with Crippen LogP contribution >= 0.6 is 22.9 Å². The lowest BCUT2D eigenvalue weighted by Crippen LogP contribution is -2.54. The molecule has 6 N–H and O–H groups in total. The molecular weight excluding hydrogens is 460 g/mol. The number of thiophene rings is 1. The number of carbonyl (C=O) groups is 2. The van der Waals surface area contributed by atoms with Gasteiger partial charge < -0.3 is 27.0 Å². The lowest BCUT2D eigenvalue weighted by Gasteiger charge is -2.25. The van der Waals surface area contributed by atoms with E-state index in [2.05, 4.69) is 26.3 Å². The SMILES string of the molecule is CC.CC.CNC1CNC1.N/C=C(\C=Nc1csc(C=O)c1)NC(=O)Nc1ccccc1Cl. The van der Waals surface area contributed by atoms with E-state index in [-0.39, 0.29) is 0 Å². The van der Waals surface area contributed by atoms with Crippen LogP contribution < -0.4 is 27.0 Å². The Labute approximate surface area is 205 Å². The van der Waals surface area contributed by atoms with Crippen molar-refractivity contribution in [3.8, 4) is 0 Å². The number of aliphatic imine (C=N–C) groups is 1. The molecule has 0 atom stereocenters. The third-order valence-corrected chi connectivity index (χ3v) is 5.00. The van der Waals surface area contributed by atoms with E-state index in [9.17, 15) is 9.59 Å². The summed E-state index contributed by atoms with van der Waals surface area (Å²) in [6.45, 7) is 10.3. The summed E-state index contributed by atoms with van der Waals surface area (Å²) in [5.74, 6) is 0. The summed E-state index contributed by atoms with van der Waals surface area (Å²) in [6.07, 6.45) is 3.35. The fraction of sp³-hybridized carbons (Fsp3) is 0.348. The van der Waals surface area contributed by atoms with Crippen molar-refractivity contribution in [1.82, 2.24) is 16.0 Å². The van der Waals surface area contributed by atoms with Gasteiger partial charge in [0, 0.05) is 30.7 Å². The number of urea groups is 1. The Balaban J connectivity index is 0.000000860. The van der Waals surface area contributed by atoms with Crippen molar-refractivity contribution >= 4 is 52.8 Å². The Morgan fingerprint density at radius 2 is 1.91 bits per heavy atom. The van der Waals surface area contributed by atoms with E-state index in [1.807, 2.05) is 34.7 Å². The van der Waals surface area contributed by atoms with Gasteiger partial charge in [-0.2, -0.15) is 0 Å². The van der Waals surface area contributed by atoms with Crippen molar-refractivity contribution < 1.29 is 9.59 Å². The number of benzene rings is 1. The number of nitrogens with two attached hydrogens (primary N) is 1. The van der Waals surface area contributed by atoms with Crippen molar-refractivity contribution in [2.24, 2.45) is 10.7 Å². The molecule has 182 valence electrons. The van der Waals surface area contributed by atoms with Gasteiger partial charge in [0.1, 0.15) is 0 Å². The van der Waals surface area contributed by atoms with Crippen molar-refractivity contribution in [3.05, 3.63) is 57.5 Å². The summed E-state index contributed by atoms with van der Waals surface area (Å²) in [5.41, 5.74) is 6.85. The van der Waals surface area contributed by atoms with Gasteiger partial charge in [-0.05, 0) is 25.2 Å². The second kappa shape index (κ2) is 18.8. The molecule has 0 saturated carbocycles. The number of carbonyl (C=O) groups excluding carboxylic acids is 2.